The smallest absolute Gasteiger partial charge is 0.363 e. The van der Waals surface area contributed by atoms with Gasteiger partial charge in [-0.25, -0.2) is 14.6 Å². The number of nitrogens with zero attached hydrogens (tertiary/aromatic N) is 3. The molecule has 1 aromatic carbocycles. The van der Waals surface area contributed by atoms with E-state index in [2.05, 4.69) is 10.1 Å². The molecule has 30 heavy (non-hydrogen) atoms. The standard InChI is InChI=1S/C18H20N4O7S/c1-18(2,3)29-14(23)9-28-21-15(13-10-30-17(19)20-13)16(24)27-8-11-4-6-12(7-5-11)22(25)26/h4-7,10H,8-9H2,1-3H3,(H2,19,20)/b21-15+. The van der Waals surface area contributed by atoms with Crippen molar-refractivity contribution in [1.82, 2.24) is 4.98 Å². The van der Waals surface area contributed by atoms with E-state index in [1.54, 1.807) is 20.8 Å². The molecule has 0 aliphatic carbocycles. The zero-order chi connectivity index (χ0) is 22.3. The van der Waals surface area contributed by atoms with Crippen molar-refractivity contribution >= 4 is 39.8 Å². The van der Waals surface area contributed by atoms with Crippen LogP contribution in [0.3, 0.4) is 0 Å². The fourth-order valence-corrected chi connectivity index (χ4v) is 2.58. The maximum absolute atomic E-state index is 12.5. The SMILES string of the molecule is CC(C)(C)OC(=O)CO/N=C(/C(=O)OCc1ccc([N+](=O)[O-])cc1)c1csc(N)n1. The Morgan fingerprint density at radius 3 is 2.47 bits per heavy atom. The van der Waals surface area contributed by atoms with E-state index in [-0.39, 0.29) is 28.8 Å². The fraction of sp³-hybridized carbons (Fsp3) is 0.333. The predicted molar refractivity (Wildman–Crippen MR) is 108 cm³/mol. The lowest BCUT2D eigenvalue weighted by Crippen LogP contribution is -2.26. The molecule has 0 radical (unpaired) electrons. The number of ether oxygens (including phenoxy) is 2. The summed E-state index contributed by atoms with van der Waals surface area (Å²) in [5, 5.41) is 16.0. The Kier molecular flexibility index (Phi) is 7.42. The quantitative estimate of drug-likeness (QED) is 0.284. The Bertz CT molecular complexity index is 948. The van der Waals surface area contributed by atoms with Gasteiger partial charge in [-0.1, -0.05) is 5.16 Å². The lowest BCUT2D eigenvalue weighted by atomic mass is 10.2. The number of nitrogens with two attached hydrogens (primary N) is 1. The number of aromatic nitrogens is 1. The lowest BCUT2D eigenvalue weighted by molar-refractivity contribution is -0.384. The molecule has 2 N–H and O–H groups in total. The normalized spacial score (nSPS) is 11.6. The third-order valence-electron chi connectivity index (χ3n) is 3.23. The first kappa shape index (κ1) is 22.7. The van der Waals surface area contributed by atoms with Crippen LogP contribution in [0, 0.1) is 10.1 Å². The Morgan fingerprint density at radius 1 is 1.27 bits per heavy atom. The van der Waals surface area contributed by atoms with E-state index in [0.29, 0.717) is 5.56 Å². The molecular weight excluding hydrogens is 416 g/mol. The third kappa shape index (κ3) is 7.13. The Labute approximate surface area is 175 Å². The molecule has 0 spiro atoms. The van der Waals surface area contributed by atoms with Crippen LogP contribution >= 0.6 is 11.3 Å². The van der Waals surface area contributed by atoms with Gasteiger partial charge in [0.2, 0.25) is 12.3 Å². The second kappa shape index (κ2) is 9.78. The molecule has 0 aliphatic rings. The number of benzene rings is 1. The summed E-state index contributed by atoms with van der Waals surface area (Å²) in [6.45, 7) is 4.42. The molecule has 11 nitrogen and oxygen atoms in total. The average molecular weight is 436 g/mol. The number of carbonyl (C=O) groups excluding carboxylic acids is 2. The zero-order valence-electron chi connectivity index (χ0n) is 16.5. The van der Waals surface area contributed by atoms with E-state index in [4.69, 9.17) is 20.0 Å². The lowest BCUT2D eigenvalue weighted by Gasteiger charge is -2.18. The highest BCUT2D eigenvalue weighted by Crippen LogP contribution is 2.15. The topological polar surface area (TPSA) is 156 Å². The summed E-state index contributed by atoms with van der Waals surface area (Å²) in [4.78, 5) is 43.3. The van der Waals surface area contributed by atoms with Crippen LogP contribution in [0.25, 0.3) is 0 Å². The van der Waals surface area contributed by atoms with Crippen molar-refractivity contribution in [2.75, 3.05) is 12.3 Å². The molecule has 0 aliphatic heterocycles. The summed E-state index contributed by atoms with van der Waals surface area (Å²) in [5.74, 6) is -1.54. The van der Waals surface area contributed by atoms with Crippen molar-refractivity contribution in [2.45, 2.75) is 33.0 Å². The van der Waals surface area contributed by atoms with Crippen molar-refractivity contribution in [3.63, 3.8) is 0 Å². The van der Waals surface area contributed by atoms with Gasteiger partial charge in [0.1, 0.15) is 17.9 Å². The Hall–Kier alpha value is -3.54. The van der Waals surface area contributed by atoms with E-state index < -0.39 is 29.1 Å². The van der Waals surface area contributed by atoms with Crippen LogP contribution in [0.5, 0.6) is 0 Å². The summed E-state index contributed by atoms with van der Waals surface area (Å²) in [6.07, 6.45) is 0. The minimum Gasteiger partial charge on any atom is -0.457 e. The fourth-order valence-electron chi connectivity index (χ4n) is 2.04. The van der Waals surface area contributed by atoms with Crippen LogP contribution in [0.2, 0.25) is 0 Å². The molecule has 160 valence electrons. The molecule has 0 bridgehead atoms. The van der Waals surface area contributed by atoms with Gasteiger partial charge in [-0.05, 0) is 38.5 Å². The number of nitrogen functional groups attached to an aromatic ring is 1. The van der Waals surface area contributed by atoms with Crippen LogP contribution in [-0.2, 0) is 30.5 Å². The molecule has 12 heteroatoms. The number of hydrogen-bond acceptors (Lipinski definition) is 11. The van der Waals surface area contributed by atoms with Gasteiger partial charge in [0.25, 0.3) is 5.69 Å². The molecule has 1 aromatic heterocycles. The molecule has 0 amide bonds. The van der Waals surface area contributed by atoms with E-state index in [0.717, 1.165) is 11.3 Å². The van der Waals surface area contributed by atoms with Gasteiger partial charge >= 0.3 is 11.9 Å². The number of nitro benzene ring substituents is 1. The molecule has 0 fully saturated rings. The second-order valence-corrected chi connectivity index (χ2v) is 7.76. The highest BCUT2D eigenvalue weighted by Gasteiger charge is 2.22. The van der Waals surface area contributed by atoms with Gasteiger partial charge in [0.05, 0.1) is 4.92 Å². The molecule has 0 saturated carbocycles. The minimum absolute atomic E-state index is 0.0826. The van der Waals surface area contributed by atoms with Gasteiger partial charge in [0.15, 0.2) is 5.13 Å². The van der Waals surface area contributed by atoms with E-state index >= 15 is 0 Å². The summed E-state index contributed by atoms with van der Waals surface area (Å²) < 4.78 is 10.3. The summed E-state index contributed by atoms with van der Waals surface area (Å²) in [7, 11) is 0. The molecule has 2 rings (SSSR count). The van der Waals surface area contributed by atoms with Crippen LogP contribution in [0.4, 0.5) is 10.8 Å². The van der Waals surface area contributed by atoms with Crippen molar-refractivity contribution in [3.05, 3.63) is 51.0 Å². The number of hydrogen-bond donors (Lipinski definition) is 1. The average Bonchev–Trinajstić information content (AvgIpc) is 3.08. The summed E-state index contributed by atoms with van der Waals surface area (Å²) >= 11 is 1.08. The van der Waals surface area contributed by atoms with Crippen molar-refractivity contribution in [2.24, 2.45) is 5.16 Å². The number of rotatable bonds is 8. The van der Waals surface area contributed by atoms with Gasteiger partial charge in [0, 0.05) is 17.5 Å². The first-order valence-electron chi connectivity index (χ1n) is 8.59. The van der Waals surface area contributed by atoms with Crippen molar-refractivity contribution < 1.29 is 28.8 Å². The van der Waals surface area contributed by atoms with Crippen LogP contribution in [0.15, 0.2) is 34.8 Å². The number of oxime groups is 1. The number of non-ortho nitro benzene ring substituents is 1. The number of esters is 2. The van der Waals surface area contributed by atoms with E-state index in [1.165, 1.54) is 29.6 Å². The van der Waals surface area contributed by atoms with Crippen LogP contribution < -0.4 is 5.73 Å². The molecule has 0 atom stereocenters. The molecule has 2 aromatic rings. The Morgan fingerprint density at radius 2 is 1.93 bits per heavy atom. The number of nitro groups is 1. The Balaban J connectivity index is 2.05. The molecule has 0 saturated heterocycles. The number of thiazole rings is 1. The van der Waals surface area contributed by atoms with E-state index in [9.17, 15) is 19.7 Å². The number of anilines is 1. The largest absolute Gasteiger partial charge is 0.457 e. The van der Waals surface area contributed by atoms with Crippen LogP contribution in [0.1, 0.15) is 32.0 Å². The third-order valence-corrected chi connectivity index (χ3v) is 3.91. The summed E-state index contributed by atoms with van der Waals surface area (Å²) in [5.41, 5.74) is 5.19. The molecule has 0 unspecified atom stereocenters. The second-order valence-electron chi connectivity index (χ2n) is 6.87. The number of carbonyl (C=O) groups is 2. The van der Waals surface area contributed by atoms with Gasteiger partial charge in [-0.15, -0.1) is 11.3 Å². The monoisotopic (exact) mass is 436 g/mol. The van der Waals surface area contributed by atoms with Gasteiger partial charge < -0.3 is 20.0 Å². The van der Waals surface area contributed by atoms with Crippen molar-refractivity contribution in [1.29, 1.82) is 0 Å². The summed E-state index contributed by atoms with van der Waals surface area (Å²) in [6, 6.07) is 5.51. The zero-order valence-corrected chi connectivity index (χ0v) is 17.3. The van der Waals surface area contributed by atoms with Gasteiger partial charge in [-0.3, -0.25) is 10.1 Å². The molecule has 1 heterocycles. The van der Waals surface area contributed by atoms with Gasteiger partial charge in [-0.2, -0.15) is 0 Å². The van der Waals surface area contributed by atoms with Crippen LogP contribution in [-0.4, -0.2) is 39.8 Å². The highest BCUT2D eigenvalue weighted by molar-refractivity contribution is 7.13. The maximum atomic E-state index is 12.5. The molecular formula is C18H20N4O7S. The van der Waals surface area contributed by atoms with Crippen molar-refractivity contribution in [3.8, 4) is 0 Å². The first-order chi connectivity index (χ1) is 14.0. The highest BCUT2D eigenvalue weighted by atomic mass is 32.1. The maximum Gasteiger partial charge on any atom is 0.363 e. The predicted octanol–water partition coefficient (Wildman–Crippen LogP) is 2.44. The first-order valence-corrected chi connectivity index (χ1v) is 9.47. The minimum atomic E-state index is -0.872. The van der Waals surface area contributed by atoms with E-state index in [1.807, 2.05) is 0 Å².